The minimum atomic E-state index is -0.0700. The molecule has 0 heterocycles. The molecule has 0 spiro atoms. The quantitative estimate of drug-likeness (QED) is 0.368. The maximum absolute atomic E-state index is 6.19. The number of hydrogen-bond donors (Lipinski definition) is 2. The van der Waals surface area contributed by atoms with Gasteiger partial charge in [-0.15, -0.1) is 24.0 Å². The first-order chi connectivity index (χ1) is 11.0. The van der Waals surface area contributed by atoms with Crippen molar-refractivity contribution in [2.75, 3.05) is 7.11 Å². The summed E-state index contributed by atoms with van der Waals surface area (Å²) in [7, 11) is 1.64. The first-order valence-corrected chi connectivity index (χ1v) is 7.89. The summed E-state index contributed by atoms with van der Waals surface area (Å²) in [5, 5.41) is 4.33. The number of benzene rings is 2. The smallest absolute Gasteiger partial charge is 0.189 e. The molecule has 2 aromatic rings. The number of rotatable bonds is 5. The molecule has 0 amide bonds. The Morgan fingerprint density at radius 1 is 1.21 bits per heavy atom. The molecule has 0 aliphatic heterocycles. The Balaban J connectivity index is 0.00000288. The second-order valence-electron chi connectivity index (χ2n) is 5.08. The molecular formula is C17H20Cl2IN3O. The van der Waals surface area contributed by atoms with E-state index in [1.807, 2.05) is 37.3 Å². The van der Waals surface area contributed by atoms with Crippen molar-refractivity contribution in [1.29, 1.82) is 0 Å². The van der Waals surface area contributed by atoms with Gasteiger partial charge in [0.2, 0.25) is 0 Å². The molecule has 0 aromatic heterocycles. The van der Waals surface area contributed by atoms with Crippen molar-refractivity contribution >= 4 is 53.1 Å². The molecule has 0 radical (unpaired) electrons. The van der Waals surface area contributed by atoms with Crippen molar-refractivity contribution in [3.8, 4) is 5.75 Å². The van der Waals surface area contributed by atoms with Crippen molar-refractivity contribution in [2.45, 2.75) is 19.5 Å². The van der Waals surface area contributed by atoms with Crippen LogP contribution in [0.1, 0.15) is 24.1 Å². The van der Waals surface area contributed by atoms with Gasteiger partial charge in [-0.1, -0.05) is 41.4 Å². The van der Waals surface area contributed by atoms with E-state index in [9.17, 15) is 0 Å². The Hall–Kier alpha value is -1.18. The van der Waals surface area contributed by atoms with Crippen LogP contribution in [-0.2, 0) is 6.54 Å². The van der Waals surface area contributed by atoms with Crippen LogP contribution in [0, 0.1) is 0 Å². The molecule has 1 unspecified atom stereocenters. The molecule has 7 heteroatoms. The molecule has 2 rings (SSSR count). The van der Waals surface area contributed by atoms with Gasteiger partial charge in [0, 0.05) is 10.0 Å². The van der Waals surface area contributed by atoms with Crippen LogP contribution in [0.15, 0.2) is 47.5 Å². The van der Waals surface area contributed by atoms with Gasteiger partial charge < -0.3 is 15.8 Å². The highest BCUT2D eigenvalue weighted by Gasteiger charge is 2.10. The van der Waals surface area contributed by atoms with E-state index in [4.69, 9.17) is 33.7 Å². The SMILES string of the molecule is COc1ccc(CN=C(N)NC(C)c2ccc(Cl)cc2Cl)cc1.I. The monoisotopic (exact) mass is 479 g/mol. The summed E-state index contributed by atoms with van der Waals surface area (Å²) in [5.74, 6) is 1.18. The summed E-state index contributed by atoms with van der Waals surface area (Å²) in [6.45, 7) is 2.45. The van der Waals surface area contributed by atoms with Crippen molar-refractivity contribution in [2.24, 2.45) is 10.7 Å². The maximum atomic E-state index is 6.19. The van der Waals surface area contributed by atoms with E-state index in [1.54, 1.807) is 19.2 Å². The summed E-state index contributed by atoms with van der Waals surface area (Å²) in [6, 6.07) is 13.0. The average molecular weight is 480 g/mol. The number of methoxy groups -OCH3 is 1. The Morgan fingerprint density at radius 2 is 1.88 bits per heavy atom. The lowest BCUT2D eigenvalue weighted by molar-refractivity contribution is 0.414. The van der Waals surface area contributed by atoms with E-state index in [0.717, 1.165) is 16.9 Å². The molecule has 130 valence electrons. The molecule has 0 aliphatic carbocycles. The van der Waals surface area contributed by atoms with E-state index in [-0.39, 0.29) is 30.0 Å². The van der Waals surface area contributed by atoms with Crippen LogP contribution < -0.4 is 15.8 Å². The largest absolute Gasteiger partial charge is 0.497 e. The summed E-state index contributed by atoms with van der Waals surface area (Å²) < 4.78 is 5.12. The second kappa shape index (κ2) is 9.96. The maximum Gasteiger partial charge on any atom is 0.189 e. The lowest BCUT2D eigenvalue weighted by atomic mass is 10.1. The van der Waals surface area contributed by atoms with Gasteiger partial charge in [-0.25, -0.2) is 4.99 Å². The number of halogens is 3. The third-order valence-corrected chi connectivity index (χ3v) is 3.95. The first kappa shape index (κ1) is 20.9. The summed E-state index contributed by atoms with van der Waals surface area (Å²) in [4.78, 5) is 4.34. The summed E-state index contributed by atoms with van der Waals surface area (Å²) in [5.41, 5.74) is 7.91. The first-order valence-electron chi connectivity index (χ1n) is 7.14. The lowest BCUT2D eigenvalue weighted by Gasteiger charge is -2.16. The van der Waals surface area contributed by atoms with Crippen molar-refractivity contribution in [1.82, 2.24) is 5.32 Å². The van der Waals surface area contributed by atoms with Gasteiger partial charge in [0.05, 0.1) is 19.7 Å². The topological polar surface area (TPSA) is 59.6 Å². The van der Waals surface area contributed by atoms with Gasteiger partial charge in [0.15, 0.2) is 5.96 Å². The molecule has 0 aliphatic rings. The van der Waals surface area contributed by atoms with Gasteiger partial charge in [-0.3, -0.25) is 0 Å². The number of ether oxygens (including phenoxy) is 1. The predicted molar refractivity (Wildman–Crippen MR) is 112 cm³/mol. The molecule has 4 nitrogen and oxygen atoms in total. The lowest BCUT2D eigenvalue weighted by Crippen LogP contribution is -2.33. The fourth-order valence-electron chi connectivity index (χ4n) is 2.11. The van der Waals surface area contributed by atoms with E-state index in [2.05, 4.69) is 10.3 Å². The van der Waals surface area contributed by atoms with Gasteiger partial charge in [0.25, 0.3) is 0 Å². The molecule has 3 N–H and O–H groups in total. The molecule has 0 bridgehead atoms. The van der Waals surface area contributed by atoms with Gasteiger partial charge in [0.1, 0.15) is 5.75 Å². The van der Waals surface area contributed by atoms with Gasteiger partial charge in [-0.05, 0) is 42.3 Å². The van der Waals surface area contributed by atoms with E-state index in [1.165, 1.54) is 0 Å². The number of nitrogens with one attached hydrogen (secondary N) is 1. The Kier molecular flexibility index (Phi) is 8.66. The zero-order valence-corrected chi connectivity index (χ0v) is 17.3. The fraction of sp³-hybridized carbons (Fsp3) is 0.235. The third-order valence-electron chi connectivity index (χ3n) is 3.38. The highest BCUT2D eigenvalue weighted by atomic mass is 127. The highest BCUT2D eigenvalue weighted by Crippen LogP contribution is 2.25. The van der Waals surface area contributed by atoms with Crippen LogP contribution in [0.3, 0.4) is 0 Å². The minimum absolute atomic E-state index is 0. The van der Waals surface area contributed by atoms with Crippen molar-refractivity contribution < 1.29 is 4.74 Å². The molecule has 24 heavy (non-hydrogen) atoms. The third kappa shape index (κ3) is 6.03. The molecule has 2 aromatic carbocycles. The Bertz CT molecular complexity index is 693. The Morgan fingerprint density at radius 3 is 2.46 bits per heavy atom. The molecule has 1 atom stereocenters. The molecule has 0 saturated heterocycles. The number of aliphatic imine (C=N–C) groups is 1. The van der Waals surface area contributed by atoms with Crippen LogP contribution in [-0.4, -0.2) is 13.1 Å². The van der Waals surface area contributed by atoms with Crippen LogP contribution in [0.25, 0.3) is 0 Å². The van der Waals surface area contributed by atoms with Crippen LogP contribution in [0.2, 0.25) is 10.0 Å². The highest BCUT2D eigenvalue weighted by molar-refractivity contribution is 14.0. The van der Waals surface area contributed by atoms with Crippen LogP contribution in [0.5, 0.6) is 5.75 Å². The predicted octanol–water partition coefficient (Wildman–Crippen LogP) is 4.79. The summed E-state index contributed by atoms with van der Waals surface area (Å²) >= 11 is 12.1. The zero-order chi connectivity index (χ0) is 16.8. The van der Waals surface area contributed by atoms with Gasteiger partial charge >= 0.3 is 0 Å². The van der Waals surface area contributed by atoms with Crippen molar-refractivity contribution in [3.05, 3.63) is 63.6 Å². The standard InChI is InChI=1S/C17H19Cl2N3O.HI/c1-11(15-8-5-13(18)9-16(15)19)22-17(20)21-10-12-3-6-14(23-2)7-4-12;/h3-9,11H,10H2,1-2H3,(H3,20,21,22);1H. The average Bonchev–Trinajstić information content (AvgIpc) is 2.53. The number of hydrogen-bond acceptors (Lipinski definition) is 2. The minimum Gasteiger partial charge on any atom is -0.497 e. The van der Waals surface area contributed by atoms with E-state index in [0.29, 0.717) is 22.5 Å². The Labute approximate surface area is 169 Å². The number of guanidine groups is 1. The normalized spacial score (nSPS) is 12.2. The summed E-state index contributed by atoms with van der Waals surface area (Å²) in [6.07, 6.45) is 0. The molecule has 0 fully saturated rings. The fourth-order valence-corrected chi connectivity index (χ4v) is 2.68. The van der Waals surface area contributed by atoms with Crippen molar-refractivity contribution in [3.63, 3.8) is 0 Å². The van der Waals surface area contributed by atoms with Crippen LogP contribution in [0.4, 0.5) is 0 Å². The van der Waals surface area contributed by atoms with Gasteiger partial charge in [-0.2, -0.15) is 0 Å². The van der Waals surface area contributed by atoms with E-state index >= 15 is 0 Å². The second-order valence-corrected chi connectivity index (χ2v) is 5.93. The number of nitrogens with two attached hydrogens (primary N) is 1. The zero-order valence-electron chi connectivity index (χ0n) is 13.4. The molecular weight excluding hydrogens is 460 g/mol. The van der Waals surface area contributed by atoms with Crippen LogP contribution >= 0.6 is 47.2 Å². The number of nitrogens with zero attached hydrogens (tertiary/aromatic N) is 1. The molecule has 0 saturated carbocycles. The van der Waals surface area contributed by atoms with E-state index < -0.39 is 0 Å².